The van der Waals surface area contributed by atoms with E-state index in [1.165, 1.54) is 0 Å². The van der Waals surface area contributed by atoms with Gasteiger partial charge < -0.3 is 11.5 Å². The average Bonchev–Trinajstić information content (AvgIpc) is 1.82. The monoisotopic (exact) mass is 138 g/mol. The fourth-order valence-corrected chi connectivity index (χ4v) is 0.480. The van der Waals surface area contributed by atoms with E-state index in [-0.39, 0.29) is 0 Å². The van der Waals surface area contributed by atoms with Crippen LogP contribution >= 0.6 is 0 Å². The molecule has 56 valence electrons. The fraction of sp³-hybridized carbons (Fsp3) is 1.00. The maximum Gasteiger partial charge on any atom is 0.253 e. The summed E-state index contributed by atoms with van der Waals surface area (Å²) in [5.74, 6) is 0. The first kappa shape index (κ1) is 8.78. The molecule has 4 heteroatoms. The predicted octanol–water partition coefficient (Wildman–Crippen LogP) is 0.318. The zero-order valence-electron chi connectivity index (χ0n) is 5.19. The van der Waals surface area contributed by atoms with Crippen LogP contribution in [0, 0.1) is 0 Å². The molecule has 2 nitrogen and oxygen atoms in total. The maximum absolute atomic E-state index is 11.6. The van der Waals surface area contributed by atoms with Gasteiger partial charge in [0.15, 0.2) is 0 Å². The van der Waals surface area contributed by atoms with Gasteiger partial charge in [-0.1, -0.05) is 0 Å². The fourth-order valence-electron chi connectivity index (χ4n) is 0.480. The van der Waals surface area contributed by atoms with Gasteiger partial charge in [0, 0.05) is 0 Å². The smallest absolute Gasteiger partial charge is 0.253 e. The molecule has 0 aromatic carbocycles. The minimum atomic E-state index is -2.41. The number of nitrogens with two attached hydrogens (primary N) is 2. The molecule has 9 heavy (non-hydrogen) atoms. The zero-order valence-corrected chi connectivity index (χ0v) is 5.19. The molecule has 1 atom stereocenters. The lowest BCUT2D eigenvalue weighted by molar-refractivity contribution is 0.111. The molecule has 0 heterocycles. The molecule has 0 aliphatic heterocycles. The largest absolute Gasteiger partial charge is 0.330 e. The minimum absolute atomic E-state index is 0.314. The van der Waals surface area contributed by atoms with Crippen LogP contribution in [0.1, 0.15) is 12.8 Å². The molecule has 0 aromatic heterocycles. The quantitative estimate of drug-likeness (QED) is 0.587. The van der Waals surface area contributed by atoms with E-state index in [0.717, 1.165) is 0 Å². The van der Waals surface area contributed by atoms with E-state index in [1.807, 2.05) is 0 Å². The summed E-state index contributed by atoms with van der Waals surface area (Å²) >= 11 is 0. The molecule has 0 rings (SSSR count). The topological polar surface area (TPSA) is 52.0 Å². The van der Waals surface area contributed by atoms with Gasteiger partial charge in [0.05, 0.1) is 6.04 Å². The molecule has 0 aliphatic carbocycles. The number of halogens is 2. The second-order valence-corrected chi connectivity index (χ2v) is 1.93. The minimum Gasteiger partial charge on any atom is -0.330 e. The number of alkyl halides is 2. The summed E-state index contributed by atoms with van der Waals surface area (Å²) in [6, 6.07) is -0.992. The van der Waals surface area contributed by atoms with Crippen LogP contribution in [0.5, 0.6) is 0 Å². The van der Waals surface area contributed by atoms with Crippen LogP contribution in [-0.4, -0.2) is 19.0 Å². The maximum atomic E-state index is 11.6. The van der Waals surface area contributed by atoms with Gasteiger partial charge in [-0.25, -0.2) is 8.78 Å². The van der Waals surface area contributed by atoms with Gasteiger partial charge in [0.2, 0.25) is 0 Å². The van der Waals surface area contributed by atoms with Crippen LogP contribution in [0.2, 0.25) is 0 Å². The molecular formula is C5H12F2N2. The third-order valence-electron chi connectivity index (χ3n) is 1.07. The summed E-state index contributed by atoms with van der Waals surface area (Å²) in [5, 5.41) is 0. The predicted molar refractivity (Wildman–Crippen MR) is 32.3 cm³/mol. The van der Waals surface area contributed by atoms with E-state index in [9.17, 15) is 8.78 Å². The van der Waals surface area contributed by atoms with E-state index in [2.05, 4.69) is 0 Å². The molecule has 0 spiro atoms. The molecule has 0 bridgehead atoms. The first-order chi connectivity index (χ1) is 4.18. The first-order valence-corrected chi connectivity index (χ1v) is 2.92. The Bertz CT molecular complexity index is 68.0. The third kappa shape index (κ3) is 4.29. The summed E-state index contributed by atoms with van der Waals surface area (Å²) < 4.78 is 23.2. The van der Waals surface area contributed by atoms with Crippen molar-refractivity contribution in [3.63, 3.8) is 0 Å². The van der Waals surface area contributed by atoms with E-state index < -0.39 is 12.5 Å². The number of hydrogen-bond donors (Lipinski definition) is 2. The highest BCUT2D eigenvalue weighted by Crippen LogP contribution is 2.03. The van der Waals surface area contributed by atoms with Crippen LogP contribution in [0.4, 0.5) is 8.78 Å². The highest BCUT2D eigenvalue weighted by Gasteiger charge is 2.13. The van der Waals surface area contributed by atoms with Gasteiger partial charge >= 0.3 is 0 Å². The van der Waals surface area contributed by atoms with Crippen molar-refractivity contribution in [2.45, 2.75) is 25.3 Å². The summed E-state index contributed by atoms with van der Waals surface area (Å²) in [4.78, 5) is 0. The lowest BCUT2D eigenvalue weighted by Gasteiger charge is -2.07. The standard InChI is InChI=1S/C5H12F2N2/c6-5(7)4(9)2-1-3-8/h4-5H,1-3,8-9H2. The van der Waals surface area contributed by atoms with Gasteiger partial charge in [-0.05, 0) is 19.4 Å². The molecule has 4 N–H and O–H groups in total. The lowest BCUT2D eigenvalue weighted by Crippen LogP contribution is -2.29. The highest BCUT2D eigenvalue weighted by atomic mass is 19.3. The average molecular weight is 138 g/mol. The zero-order chi connectivity index (χ0) is 7.28. The summed E-state index contributed by atoms with van der Waals surface area (Å²) in [7, 11) is 0. The molecule has 1 unspecified atom stereocenters. The second-order valence-electron chi connectivity index (χ2n) is 1.93. The van der Waals surface area contributed by atoms with Gasteiger partial charge in [-0.3, -0.25) is 0 Å². The Kier molecular flexibility index (Phi) is 4.53. The number of hydrogen-bond acceptors (Lipinski definition) is 2. The van der Waals surface area contributed by atoms with E-state index in [0.29, 0.717) is 19.4 Å². The van der Waals surface area contributed by atoms with Gasteiger partial charge in [0.25, 0.3) is 6.43 Å². The van der Waals surface area contributed by atoms with Crippen LogP contribution in [0.15, 0.2) is 0 Å². The van der Waals surface area contributed by atoms with Crippen molar-refractivity contribution >= 4 is 0 Å². The Labute approximate surface area is 53.2 Å². The third-order valence-corrected chi connectivity index (χ3v) is 1.07. The van der Waals surface area contributed by atoms with Crippen LogP contribution in [-0.2, 0) is 0 Å². The molecule has 0 amide bonds. The Morgan fingerprint density at radius 3 is 2.22 bits per heavy atom. The highest BCUT2D eigenvalue weighted by molar-refractivity contribution is 4.62. The second kappa shape index (κ2) is 4.64. The van der Waals surface area contributed by atoms with Crippen LogP contribution in [0.3, 0.4) is 0 Å². The van der Waals surface area contributed by atoms with Crippen LogP contribution in [0.25, 0.3) is 0 Å². The van der Waals surface area contributed by atoms with Gasteiger partial charge in [0.1, 0.15) is 0 Å². The number of rotatable bonds is 4. The summed E-state index contributed by atoms with van der Waals surface area (Å²) in [6.07, 6.45) is -1.52. The lowest BCUT2D eigenvalue weighted by atomic mass is 10.2. The Morgan fingerprint density at radius 2 is 1.89 bits per heavy atom. The van der Waals surface area contributed by atoms with Crippen molar-refractivity contribution in [2.75, 3.05) is 6.54 Å². The van der Waals surface area contributed by atoms with E-state index >= 15 is 0 Å². The van der Waals surface area contributed by atoms with Crippen molar-refractivity contribution in [1.82, 2.24) is 0 Å². The summed E-state index contributed by atoms with van der Waals surface area (Å²) in [6.45, 7) is 0.431. The van der Waals surface area contributed by atoms with Crippen molar-refractivity contribution in [3.8, 4) is 0 Å². The van der Waals surface area contributed by atoms with Gasteiger partial charge in [-0.15, -0.1) is 0 Å². The van der Waals surface area contributed by atoms with Crippen molar-refractivity contribution in [1.29, 1.82) is 0 Å². The Morgan fingerprint density at radius 1 is 1.33 bits per heavy atom. The van der Waals surface area contributed by atoms with Crippen LogP contribution < -0.4 is 11.5 Å². The van der Waals surface area contributed by atoms with Crippen molar-refractivity contribution in [2.24, 2.45) is 11.5 Å². The molecular weight excluding hydrogens is 126 g/mol. The normalized spacial score (nSPS) is 14.3. The summed E-state index contributed by atoms with van der Waals surface area (Å²) in [5.41, 5.74) is 10.1. The molecule has 0 aromatic rings. The first-order valence-electron chi connectivity index (χ1n) is 2.92. The Balaban J connectivity index is 3.16. The Hall–Kier alpha value is -0.220. The molecule has 0 radical (unpaired) electrons. The van der Waals surface area contributed by atoms with Crippen molar-refractivity contribution in [3.05, 3.63) is 0 Å². The molecule has 0 saturated heterocycles. The molecule has 0 saturated carbocycles. The van der Waals surface area contributed by atoms with Crippen molar-refractivity contribution < 1.29 is 8.78 Å². The molecule has 0 aliphatic rings. The SMILES string of the molecule is NCCCC(N)C(F)F. The van der Waals surface area contributed by atoms with E-state index in [1.54, 1.807) is 0 Å². The van der Waals surface area contributed by atoms with Gasteiger partial charge in [-0.2, -0.15) is 0 Å². The molecule has 0 fully saturated rings. The van der Waals surface area contributed by atoms with E-state index in [4.69, 9.17) is 11.5 Å².